The second-order valence-corrected chi connectivity index (χ2v) is 7.57. The Morgan fingerprint density at radius 2 is 1.85 bits per heavy atom. The Labute approximate surface area is 156 Å². The molecule has 0 bridgehead atoms. The lowest BCUT2D eigenvalue weighted by atomic mass is 10.1. The zero-order chi connectivity index (χ0) is 18.7. The minimum Gasteiger partial charge on any atom is -0.455 e. The number of benzene rings is 2. The minimum absolute atomic E-state index is 0.0412. The third-order valence-corrected chi connectivity index (χ3v) is 4.99. The molecule has 0 unspecified atom stereocenters. The molecular formula is C18H16ClN3O3S. The highest BCUT2D eigenvalue weighted by Crippen LogP contribution is 2.26. The third kappa shape index (κ3) is 4.32. The number of hydrogen-bond donors (Lipinski definition) is 2. The van der Waals surface area contributed by atoms with E-state index >= 15 is 0 Å². The van der Waals surface area contributed by atoms with Gasteiger partial charge in [-0.3, -0.25) is 5.43 Å². The lowest BCUT2D eigenvalue weighted by molar-refractivity contribution is 0.575. The second-order valence-electron chi connectivity index (χ2n) is 5.61. The summed E-state index contributed by atoms with van der Waals surface area (Å²) >= 11 is 6.14. The minimum atomic E-state index is -3.70. The average Bonchev–Trinajstić information content (AvgIpc) is 3.06. The van der Waals surface area contributed by atoms with E-state index in [1.165, 1.54) is 18.3 Å². The molecule has 1 heterocycles. The van der Waals surface area contributed by atoms with Crippen LogP contribution in [-0.2, 0) is 10.0 Å². The van der Waals surface area contributed by atoms with E-state index in [4.69, 9.17) is 21.2 Å². The van der Waals surface area contributed by atoms with Crippen LogP contribution in [0.15, 0.2) is 69.0 Å². The molecule has 2 aromatic carbocycles. The summed E-state index contributed by atoms with van der Waals surface area (Å²) < 4.78 is 28.1. The van der Waals surface area contributed by atoms with Crippen LogP contribution in [0, 0.1) is 6.92 Å². The van der Waals surface area contributed by atoms with Gasteiger partial charge < -0.3 is 4.42 Å². The predicted octanol–water partition coefficient (Wildman–Crippen LogP) is 4.00. The summed E-state index contributed by atoms with van der Waals surface area (Å²) in [5.74, 6) is 1.25. The van der Waals surface area contributed by atoms with Crippen molar-refractivity contribution in [3.8, 4) is 11.3 Å². The van der Waals surface area contributed by atoms with Gasteiger partial charge in [-0.25, -0.2) is 13.6 Å². The van der Waals surface area contributed by atoms with Crippen molar-refractivity contribution in [2.75, 3.05) is 5.43 Å². The van der Waals surface area contributed by atoms with Crippen LogP contribution in [-0.4, -0.2) is 14.6 Å². The summed E-state index contributed by atoms with van der Waals surface area (Å²) in [5, 5.41) is 9.80. The Balaban J connectivity index is 1.68. The van der Waals surface area contributed by atoms with Crippen LogP contribution in [0.4, 0.5) is 5.69 Å². The largest absolute Gasteiger partial charge is 0.455 e. The zero-order valence-electron chi connectivity index (χ0n) is 13.8. The van der Waals surface area contributed by atoms with E-state index in [-0.39, 0.29) is 4.90 Å². The number of nitrogens with one attached hydrogen (secondary N) is 1. The highest BCUT2D eigenvalue weighted by Gasteiger charge is 2.07. The van der Waals surface area contributed by atoms with Crippen LogP contribution in [0.3, 0.4) is 0 Å². The number of primary sulfonamides is 1. The normalized spacial score (nSPS) is 11.8. The van der Waals surface area contributed by atoms with Gasteiger partial charge in [0.15, 0.2) is 0 Å². The summed E-state index contributed by atoms with van der Waals surface area (Å²) in [6.07, 6.45) is 1.52. The first-order valence-corrected chi connectivity index (χ1v) is 9.54. The predicted molar refractivity (Wildman–Crippen MR) is 103 cm³/mol. The molecule has 0 atom stereocenters. The van der Waals surface area contributed by atoms with Crippen molar-refractivity contribution in [1.29, 1.82) is 0 Å². The number of sulfonamides is 1. The molecule has 3 rings (SSSR count). The van der Waals surface area contributed by atoms with E-state index in [0.29, 0.717) is 22.2 Å². The van der Waals surface area contributed by atoms with Gasteiger partial charge in [0.05, 0.1) is 16.8 Å². The number of halogens is 1. The summed E-state index contributed by atoms with van der Waals surface area (Å²) in [6.45, 7) is 1.94. The molecule has 8 heteroatoms. The topological polar surface area (TPSA) is 97.7 Å². The number of aryl methyl sites for hydroxylation is 1. The van der Waals surface area contributed by atoms with Gasteiger partial charge in [0.1, 0.15) is 11.5 Å². The van der Waals surface area contributed by atoms with Crippen LogP contribution in [0.25, 0.3) is 11.3 Å². The molecule has 0 amide bonds. The zero-order valence-corrected chi connectivity index (χ0v) is 15.4. The first kappa shape index (κ1) is 18.2. The lowest BCUT2D eigenvalue weighted by Gasteiger charge is -2.02. The Bertz CT molecular complexity index is 1060. The van der Waals surface area contributed by atoms with Gasteiger partial charge in [0.2, 0.25) is 10.0 Å². The molecular weight excluding hydrogens is 374 g/mol. The monoisotopic (exact) mass is 389 g/mol. The standard InChI is InChI=1S/C18H16ClN3O3S/c1-12-2-3-13(10-17(12)19)18-9-6-15(25-18)11-21-22-14-4-7-16(8-5-14)26(20,23)24/h2-11,22H,1H3,(H2,20,23,24)/b21-11+. The maximum absolute atomic E-state index is 11.2. The molecule has 0 fully saturated rings. The highest BCUT2D eigenvalue weighted by atomic mass is 35.5. The number of nitrogens with zero attached hydrogens (tertiary/aromatic N) is 1. The third-order valence-electron chi connectivity index (χ3n) is 3.65. The number of rotatable bonds is 5. The molecule has 3 aromatic rings. The lowest BCUT2D eigenvalue weighted by Crippen LogP contribution is -2.11. The summed E-state index contributed by atoms with van der Waals surface area (Å²) in [6, 6.07) is 15.3. The molecule has 0 spiro atoms. The Morgan fingerprint density at radius 1 is 1.12 bits per heavy atom. The van der Waals surface area contributed by atoms with Crippen LogP contribution in [0.2, 0.25) is 5.02 Å². The van der Waals surface area contributed by atoms with Crippen LogP contribution < -0.4 is 10.6 Å². The summed E-state index contributed by atoms with van der Waals surface area (Å²) in [7, 11) is -3.70. The van der Waals surface area contributed by atoms with Gasteiger partial charge in [-0.2, -0.15) is 5.10 Å². The molecule has 0 aliphatic heterocycles. The maximum Gasteiger partial charge on any atom is 0.238 e. The molecule has 6 nitrogen and oxygen atoms in total. The molecule has 134 valence electrons. The molecule has 0 saturated carbocycles. The average molecular weight is 390 g/mol. The summed E-state index contributed by atoms with van der Waals surface area (Å²) in [5.41, 5.74) is 5.29. The van der Waals surface area contributed by atoms with E-state index in [2.05, 4.69) is 10.5 Å². The van der Waals surface area contributed by atoms with Gasteiger partial charge >= 0.3 is 0 Å². The molecule has 0 radical (unpaired) electrons. The maximum atomic E-state index is 11.2. The molecule has 26 heavy (non-hydrogen) atoms. The van der Waals surface area contributed by atoms with Gasteiger partial charge in [0.25, 0.3) is 0 Å². The fourth-order valence-corrected chi connectivity index (χ4v) is 2.91. The first-order chi connectivity index (χ1) is 12.3. The van der Waals surface area contributed by atoms with Crippen LogP contribution >= 0.6 is 11.6 Å². The number of nitrogens with two attached hydrogens (primary N) is 1. The molecule has 3 N–H and O–H groups in total. The number of anilines is 1. The van der Waals surface area contributed by atoms with Crippen molar-refractivity contribution in [2.24, 2.45) is 10.2 Å². The molecule has 0 aliphatic rings. The van der Waals surface area contributed by atoms with Gasteiger partial charge in [0, 0.05) is 10.6 Å². The smallest absolute Gasteiger partial charge is 0.238 e. The quantitative estimate of drug-likeness (QED) is 0.509. The number of hydrazone groups is 1. The van der Waals surface area contributed by atoms with Crippen molar-refractivity contribution < 1.29 is 12.8 Å². The molecule has 1 aromatic heterocycles. The molecule has 0 aliphatic carbocycles. The van der Waals surface area contributed by atoms with Crippen LogP contribution in [0.5, 0.6) is 0 Å². The SMILES string of the molecule is Cc1ccc(-c2ccc(/C=N/Nc3ccc(S(N)(=O)=O)cc3)o2)cc1Cl. The fourth-order valence-electron chi connectivity index (χ4n) is 2.21. The van der Waals surface area contributed by atoms with E-state index in [9.17, 15) is 8.42 Å². The fraction of sp³-hybridized carbons (Fsp3) is 0.0556. The van der Waals surface area contributed by atoms with E-state index in [0.717, 1.165) is 11.1 Å². The molecule has 0 saturated heterocycles. The van der Waals surface area contributed by atoms with Gasteiger partial charge in [-0.1, -0.05) is 23.7 Å². The summed E-state index contributed by atoms with van der Waals surface area (Å²) in [4.78, 5) is 0.0412. The van der Waals surface area contributed by atoms with E-state index in [1.54, 1.807) is 18.2 Å². The Morgan fingerprint density at radius 3 is 2.50 bits per heavy atom. The Kier molecular flexibility index (Phi) is 5.13. The van der Waals surface area contributed by atoms with Gasteiger partial charge in [-0.05, 0) is 55.0 Å². The van der Waals surface area contributed by atoms with Crippen LogP contribution in [0.1, 0.15) is 11.3 Å². The van der Waals surface area contributed by atoms with E-state index < -0.39 is 10.0 Å². The van der Waals surface area contributed by atoms with Crippen molar-refractivity contribution >= 4 is 33.5 Å². The number of furan rings is 1. The van der Waals surface area contributed by atoms with Crippen molar-refractivity contribution in [1.82, 2.24) is 0 Å². The first-order valence-electron chi connectivity index (χ1n) is 7.61. The number of hydrogen-bond acceptors (Lipinski definition) is 5. The van der Waals surface area contributed by atoms with Crippen molar-refractivity contribution in [3.63, 3.8) is 0 Å². The van der Waals surface area contributed by atoms with Crippen molar-refractivity contribution in [2.45, 2.75) is 11.8 Å². The van der Waals surface area contributed by atoms with Gasteiger partial charge in [-0.15, -0.1) is 0 Å². The highest BCUT2D eigenvalue weighted by molar-refractivity contribution is 7.89. The van der Waals surface area contributed by atoms with Crippen molar-refractivity contribution in [3.05, 3.63) is 70.9 Å². The second kappa shape index (κ2) is 7.33. The van der Waals surface area contributed by atoms with E-state index in [1.807, 2.05) is 31.2 Å². The Hall–Kier alpha value is -2.61.